The van der Waals surface area contributed by atoms with E-state index in [0.29, 0.717) is 23.9 Å². The van der Waals surface area contributed by atoms with Crippen LogP contribution in [-0.4, -0.2) is 39.3 Å². The van der Waals surface area contributed by atoms with Crippen LogP contribution in [0.5, 0.6) is 17.2 Å². The molecule has 6 nitrogen and oxygen atoms in total. The van der Waals surface area contributed by atoms with Crippen LogP contribution >= 0.6 is 22.6 Å². The van der Waals surface area contributed by atoms with Gasteiger partial charge in [0, 0.05) is 16.2 Å². The molecule has 0 saturated carbocycles. The van der Waals surface area contributed by atoms with Crippen LogP contribution in [0.2, 0.25) is 0 Å². The number of methoxy groups -OCH3 is 2. The molecule has 0 radical (unpaired) electrons. The van der Waals surface area contributed by atoms with Crippen molar-refractivity contribution in [2.24, 2.45) is 0 Å². The molecule has 0 atom stereocenters. The summed E-state index contributed by atoms with van der Waals surface area (Å²) in [5.74, 6) is 1.32. The fourth-order valence-electron chi connectivity index (χ4n) is 2.41. The first-order valence-electron chi connectivity index (χ1n) is 7.92. The number of carbonyl (C=O) groups excluding carboxylic acids is 1. The van der Waals surface area contributed by atoms with Gasteiger partial charge in [0.25, 0.3) is 0 Å². The number of benzene rings is 2. The summed E-state index contributed by atoms with van der Waals surface area (Å²) in [7, 11) is 6.10. The second-order valence-electron chi connectivity index (χ2n) is 5.43. The standard InChI is InChI=1S/C19H22INO5/c1-21(25-4)17(22)10-14-15(20)11-16(19(24-3)18(14)23-2)26-12-13-8-6-5-7-9-13/h5-9,11H,10,12H2,1-4H3. The van der Waals surface area contributed by atoms with E-state index in [-0.39, 0.29) is 12.3 Å². The lowest BCUT2D eigenvalue weighted by atomic mass is 10.1. The van der Waals surface area contributed by atoms with Crippen molar-refractivity contribution in [3.05, 3.63) is 51.1 Å². The van der Waals surface area contributed by atoms with Crippen molar-refractivity contribution >= 4 is 28.5 Å². The van der Waals surface area contributed by atoms with Gasteiger partial charge in [-0.2, -0.15) is 0 Å². The highest BCUT2D eigenvalue weighted by Crippen LogP contribution is 2.43. The average Bonchev–Trinajstić information content (AvgIpc) is 2.67. The third-order valence-corrected chi connectivity index (χ3v) is 4.81. The van der Waals surface area contributed by atoms with E-state index in [4.69, 9.17) is 19.0 Å². The zero-order chi connectivity index (χ0) is 19.1. The maximum absolute atomic E-state index is 12.2. The first kappa shape index (κ1) is 20.3. The Hall–Kier alpha value is -2.00. The summed E-state index contributed by atoms with van der Waals surface area (Å²) in [6.07, 6.45) is 0.126. The summed E-state index contributed by atoms with van der Waals surface area (Å²) in [6, 6.07) is 11.7. The fraction of sp³-hybridized carbons (Fsp3) is 0.316. The number of ether oxygens (including phenoxy) is 3. The van der Waals surface area contributed by atoms with E-state index in [2.05, 4.69) is 22.6 Å². The largest absolute Gasteiger partial charge is 0.492 e. The smallest absolute Gasteiger partial charge is 0.250 e. The van der Waals surface area contributed by atoms with E-state index in [1.54, 1.807) is 21.3 Å². The molecule has 0 bridgehead atoms. The lowest BCUT2D eigenvalue weighted by molar-refractivity contribution is -0.167. The monoisotopic (exact) mass is 471 g/mol. The number of amides is 1. The van der Waals surface area contributed by atoms with Crippen molar-refractivity contribution in [1.29, 1.82) is 0 Å². The molecule has 0 aromatic heterocycles. The molecule has 140 valence electrons. The molecule has 0 aliphatic rings. The first-order chi connectivity index (χ1) is 12.5. The molecule has 0 aliphatic heterocycles. The minimum absolute atomic E-state index is 0.126. The van der Waals surface area contributed by atoms with E-state index in [9.17, 15) is 4.79 Å². The quantitative estimate of drug-likeness (QED) is 0.436. The van der Waals surface area contributed by atoms with Crippen molar-refractivity contribution in [3.63, 3.8) is 0 Å². The lowest BCUT2D eigenvalue weighted by Gasteiger charge is -2.20. The molecule has 0 unspecified atom stereocenters. The summed E-state index contributed by atoms with van der Waals surface area (Å²) in [5, 5.41) is 1.18. The van der Waals surface area contributed by atoms with E-state index >= 15 is 0 Å². The van der Waals surface area contributed by atoms with Gasteiger partial charge in [-0.1, -0.05) is 30.3 Å². The van der Waals surface area contributed by atoms with Crippen LogP contribution in [0.4, 0.5) is 0 Å². The van der Waals surface area contributed by atoms with Gasteiger partial charge in [0.2, 0.25) is 11.7 Å². The normalized spacial score (nSPS) is 10.3. The SMILES string of the molecule is COc1c(OCc2ccccc2)cc(I)c(CC(=O)N(C)OC)c1OC. The molecular weight excluding hydrogens is 449 g/mol. The molecule has 7 heteroatoms. The van der Waals surface area contributed by atoms with Crippen LogP contribution in [0.3, 0.4) is 0 Å². The van der Waals surface area contributed by atoms with Gasteiger partial charge in [-0.15, -0.1) is 0 Å². The van der Waals surface area contributed by atoms with Crippen molar-refractivity contribution < 1.29 is 23.8 Å². The molecule has 2 aromatic rings. The Morgan fingerprint density at radius 3 is 2.31 bits per heavy atom. The number of hydroxylamine groups is 2. The van der Waals surface area contributed by atoms with E-state index in [0.717, 1.165) is 14.7 Å². The molecule has 26 heavy (non-hydrogen) atoms. The summed E-state index contributed by atoms with van der Waals surface area (Å²) in [4.78, 5) is 17.2. The molecule has 0 fully saturated rings. The van der Waals surface area contributed by atoms with Crippen LogP contribution < -0.4 is 14.2 Å². The van der Waals surface area contributed by atoms with Gasteiger partial charge in [0.15, 0.2) is 11.5 Å². The van der Waals surface area contributed by atoms with Gasteiger partial charge in [-0.25, -0.2) is 5.06 Å². The summed E-state index contributed by atoms with van der Waals surface area (Å²) in [5.41, 5.74) is 1.77. The molecule has 2 aromatic carbocycles. The maximum Gasteiger partial charge on any atom is 0.250 e. The van der Waals surface area contributed by atoms with E-state index < -0.39 is 0 Å². The van der Waals surface area contributed by atoms with Crippen LogP contribution in [-0.2, 0) is 22.7 Å². The van der Waals surface area contributed by atoms with Crippen LogP contribution in [0.25, 0.3) is 0 Å². The number of likely N-dealkylation sites (N-methyl/N-ethyl adjacent to an activating group) is 1. The van der Waals surface area contributed by atoms with E-state index in [1.807, 2.05) is 36.4 Å². The second kappa shape index (κ2) is 9.63. The number of hydrogen-bond acceptors (Lipinski definition) is 5. The molecule has 0 spiro atoms. The van der Waals surface area contributed by atoms with Gasteiger partial charge < -0.3 is 14.2 Å². The summed E-state index contributed by atoms with van der Waals surface area (Å²) in [6.45, 7) is 0.404. The second-order valence-corrected chi connectivity index (χ2v) is 6.59. The van der Waals surface area contributed by atoms with Crippen molar-refractivity contribution in [2.45, 2.75) is 13.0 Å². The third kappa shape index (κ3) is 4.79. The Balaban J connectivity index is 2.33. The first-order valence-corrected chi connectivity index (χ1v) is 9.00. The van der Waals surface area contributed by atoms with Crippen LogP contribution in [0.15, 0.2) is 36.4 Å². The topological polar surface area (TPSA) is 57.2 Å². The summed E-state index contributed by atoms with van der Waals surface area (Å²) >= 11 is 2.16. The number of carbonyl (C=O) groups is 1. The lowest BCUT2D eigenvalue weighted by Crippen LogP contribution is -2.27. The van der Waals surface area contributed by atoms with Gasteiger partial charge in [-0.05, 0) is 34.2 Å². The predicted molar refractivity (Wildman–Crippen MR) is 107 cm³/mol. The van der Waals surface area contributed by atoms with Gasteiger partial charge >= 0.3 is 0 Å². The molecule has 0 saturated heterocycles. The Morgan fingerprint density at radius 2 is 1.73 bits per heavy atom. The fourth-order valence-corrected chi connectivity index (χ4v) is 3.12. The van der Waals surface area contributed by atoms with Crippen LogP contribution in [0, 0.1) is 3.57 Å². The zero-order valence-electron chi connectivity index (χ0n) is 15.2. The minimum atomic E-state index is -0.191. The van der Waals surface area contributed by atoms with Crippen molar-refractivity contribution in [2.75, 3.05) is 28.4 Å². The Bertz CT molecular complexity index is 751. The number of rotatable bonds is 8. The Labute approximate surface area is 167 Å². The van der Waals surface area contributed by atoms with Crippen molar-refractivity contribution in [3.8, 4) is 17.2 Å². The minimum Gasteiger partial charge on any atom is -0.492 e. The Kier molecular flexibility index (Phi) is 7.52. The van der Waals surface area contributed by atoms with E-state index in [1.165, 1.54) is 12.2 Å². The van der Waals surface area contributed by atoms with Gasteiger partial charge in [0.05, 0.1) is 27.8 Å². The summed E-state index contributed by atoms with van der Waals surface area (Å²) < 4.78 is 17.8. The molecule has 0 heterocycles. The maximum atomic E-state index is 12.2. The number of hydrogen-bond donors (Lipinski definition) is 0. The molecule has 0 N–H and O–H groups in total. The number of nitrogens with zero attached hydrogens (tertiary/aromatic N) is 1. The van der Waals surface area contributed by atoms with Gasteiger partial charge in [0.1, 0.15) is 6.61 Å². The molecular formula is C19H22INO5. The third-order valence-electron chi connectivity index (χ3n) is 3.85. The van der Waals surface area contributed by atoms with Crippen LogP contribution in [0.1, 0.15) is 11.1 Å². The zero-order valence-corrected chi connectivity index (χ0v) is 17.4. The predicted octanol–water partition coefficient (Wildman–Crippen LogP) is 3.45. The highest BCUT2D eigenvalue weighted by atomic mass is 127. The number of halogens is 1. The average molecular weight is 471 g/mol. The van der Waals surface area contributed by atoms with Gasteiger partial charge in [-0.3, -0.25) is 9.63 Å². The van der Waals surface area contributed by atoms with Crippen molar-refractivity contribution in [1.82, 2.24) is 5.06 Å². The molecule has 2 rings (SSSR count). The highest BCUT2D eigenvalue weighted by Gasteiger charge is 2.23. The highest BCUT2D eigenvalue weighted by molar-refractivity contribution is 14.1. The molecule has 1 amide bonds. The molecule has 0 aliphatic carbocycles. The Morgan fingerprint density at radius 1 is 1.08 bits per heavy atom.